The van der Waals surface area contributed by atoms with Gasteiger partial charge in [-0.2, -0.15) is 0 Å². The summed E-state index contributed by atoms with van der Waals surface area (Å²) < 4.78 is 0. The van der Waals surface area contributed by atoms with Gasteiger partial charge in [0, 0.05) is 11.9 Å². The molecule has 1 aliphatic carbocycles. The number of hydrogen-bond acceptors (Lipinski definition) is 1. The molecule has 0 N–H and O–H groups in total. The Morgan fingerprint density at radius 1 is 1.11 bits per heavy atom. The van der Waals surface area contributed by atoms with E-state index in [1.54, 1.807) is 0 Å². The lowest BCUT2D eigenvalue weighted by atomic mass is 9.71. The largest absolute Gasteiger partial charge is 0.261 e. The average Bonchev–Trinajstić information content (AvgIpc) is 2.39. The van der Waals surface area contributed by atoms with Gasteiger partial charge in [0.25, 0.3) is 0 Å². The summed E-state index contributed by atoms with van der Waals surface area (Å²) in [6.45, 7) is 2.41. The first-order chi connectivity index (χ1) is 8.75. The maximum absolute atomic E-state index is 4.49. The zero-order valence-corrected chi connectivity index (χ0v) is 10.9. The van der Waals surface area contributed by atoms with Gasteiger partial charge in [-0.1, -0.05) is 43.3 Å². The number of aromatic nitrogens is 1. The van der Waals surface area contributed by atoms with E-state index in [9.17, 15) is 0 Å². The minimum Gasteiger partial charge on any atom is -0.261 e. The molecule has 1 atom stereocenters. The van der Waals surface area contributed by atoms with Crippen molar-refractivity contribution in [3.63, 3.8) is 0 Å². The van der Waals surface area contributed by atoms with E-state index in [4.69, 9.17) is 0 Å². The van der Waals surface area contributed by atoms with Crippen molar-refractivity contribution in [3.05, 3.63) is 65.5 Å². The van der Waals surface area contributed by atoms with Crippen LogP contribution in [0.15, 0.2) is 48.7 Å². The number of aryl methyl sites for hydroxylation is 1. The highest BCUT2D eigenvalue weighted by atomic mass is 14.7. The summed E-state index contributed by atoms with van der Waals surface area (Å²) in [4.78, 5) is 4.49. The summed E-state index contributed by atoms with van der Waals surface area (Å²) in [5.74, 6) is 0. The molecule has 0 spiro atoms. The molecule has 18 heavy (non-hydrogen) atoms. The van der Waals surface area contributed by atoms with Gasteiger partial charge in [0.15, 0.2) is 0 Å². The molecule has 1 nitrogen and oxygen atoms in total. The fraction of sp³-hybridized carbons (Fsp3) is 0.353. The van der Waals surface area contributed by atoms with Gasteiger partial charge in [-0.15, -0.1) is 0 Å². The van der Waals surface area contributed by atoms with Crippen LogP contribution in [0, 0.1) is 5.41 Å². The number of benzene rings is 1. The van der Waals surface area contributed by atoms with E-state index in [-0.39, 0.29) is 0 Å². The van der Waals surface area contributed by atoms with Gasteiger partial charge in [-0.05, 0) is 48.3 Å². The van der Waals surface area contributed by atoms with Crippen LogP contribution in [-0.4, -0.2) is 4.98 Å². The summed E-state index contributed by atoms with van der Waals surface area (Å²) in [5.41, 5.74) is 4.59. The molecule has 1 heterocycles. The van der Waals surface area contributed by atoms with E-state index < -0.39 is 0 Å². The Hall–Kier alpha value is -1.63. The van der Waals surface area contributed by atoms with E-state index in [1.165, 1.54) is 29.7 Å². The molecular formula is C17H19N. The Balaban J connectivity index is 1.82. The molecule has 1 aromatic carbocycles. The third-order valence-corrected chi connectivity index (χ3v) is 4.04. The van der Waals surface area contributed by atoms with Crippen molar-refractivity contribution < 1.29 is 0 Å². The van der Waals surface area contributed by atoms with Crippen molar-refractivity contribution >= 4 is 0 Å². The molecular weight excluding hydrogens is 218 g/mol. The van der Waals surface area contributed by atoms with Crippen molar-refractivity contribution in [3.8, 4) is 0 Å². The fourth-order valence-electron chi connectivity index (χ4n) is 3.07. The van der Waals surface area contributed by atoms with E-state index in [2.05, 4.69) is 54.4 Å². The van der Waals surface area contributed by atoms with E-state index >= 15 is 0 Å². The number of hydrogen-bond donors (Lipinski definition) is 0. The zero-order valence-electron chi connectivity index (χ0n) is 10.9. The molecule has 0 radical (unpaired) electrons. The Morgan fingerprint density at radius 3 is 2.78 bits per heavy atom. The summed E-state index contributed by atoms with van der Waals surface area (Å²) >= 11 is 0. The first kappa shape index (κ1) is 11.5. The number of fused-ring (bicyclic) bond motifs is 1. The van der Waals surface area contributed by atoms with Crippen LogP contribution in [-0.2, 0) is 19.3 Å². The Kier molecular flexibility index (Phi) is 2.91. The topological polar surface area (TPSA) is 12.9 Å². The molecule has 1 aromatic heterocycles. The van der Waals surface area contributed by atoms with Gasteiger partial charge in [-0.25, -0.2) is 0 Å². The molecule has 0 fully saturated rings. The predicted octanol–water partition coefficient (Wildman–Crippen LogP) is 3.82. The lowest BCUT2D eigenvalue weighted by Gasteiger charge is -2.34. The Morgan fingerprint density at radius 2 is 1.94 bits per heavy atom. The average molecular weight is 237 g/mol. The normalized spacial score (nSPS) is 22.5. The Labute approximate surface area is 109 Å². The van der Waals surface area contributed by atoms with Crippen LogP contribution in [0.4, 0.5) is 0 Å². The third-order valence-electron chi connectivity index (χ3n) is 4.04. The maximum Gasteiger partial charge on any atom is 0.0435 e. The van der Waals surface area contributed by atoms with Crippen molar-refractivity contribution in [2.45, 2.75) is 32.6 Å². The highest BCUT2D eigenvalue weighted by Gasteiger charge is 2.30. The van der Waals surface area contributed by atoms with Crippen molar-refractivity contribution in [2.75, 3.05) is 0 Å². The second-order valence-corrected chi connectivity index (χ2v) is 5.76. The number of nitrogens with zero attached hydrogens (tertiary/aromatic N) is 1. The van der Waals surface area contributed by atoms with E-state index in [0.29, 0.717) is 5.41 Å². The molecule has 1 heteroatoms. The van der Waals surface area contributed by atoms with Crippen molar-refractivity contribution in [1.82, 2.24) is 4.98 Å². The van der Waals surface area contributed by atoms with Gasteiger partial charge >= 0.3 is 0 Å². The standard InChI is InChI=1S/C17H19N/c1-17(12-14-6-3-2-4-7-14)10-9-16-15(13-17)8-5-11-18-16/h2-8,11H,9-10,12-13H2,1H3. The van der Waals surface area contributed by atoms with Gasteiger partial charge < -0.3 is 0 Å². The first-order valence-corrected chi connectivity index (χ1v) is 6.72. The van der Waals surface area contributed by atoms with Crippen LogP contribution in [0.3, 0.4) is 0 Å². The van der Waals surface area contributed by atoms with Gasteiger partial charge in [0.1, 0.15) is 0 Å². The van der Waals surface area contributed by atoms with Gasteiger partial charge in [-0.3, -0.25) is 4.98 Å². The summed E-state index contributed by atoms with van der Waals surface area (Å²) in [6.07, 6.45) is 6.61. The maximum atomic E-state index is 4.49. The van der Waals surface area contributed by atoms with Gasteiger partial charge in [0.05, 0.1) is 0 Å². The number of pyridine rings is 1. The molecule has 92 valence electrons. The monoisotopic (exact) mass is 237 g/mol. The smallest absolute Gasteiger partial charge is 0.0435 e. The molecule has 1 aliphatic rings. The minimum absolute atomic E-state index is 0.386. The number of rotatable bonds is 2. The van der Waals surface area contributed by atoms with Crippen molar-refractivity contribution in [2.24, 2.45) is 5.41 Å². The molecule has 0 amide bonds. The predicted molar refractivity (Wildman–Crippen MR) is 74.5 cm³/mol. The van der Waals surface area contributed by atoms with Crippen LogP contribution >= 0.6 is 0 Å². The fourth-order valence-corrected chi connectivity index (χ4v) is 3.07. The quantitative estimate of drug-likeness (QED) is 0.773. The van der Waals surface area contributed by atoms with Crippen LogP contribution in [0.25, 0.3) is 0 Å². The third kappa shape index (κ3) is 2.31. The van der Waals surface area contributed by atoms with Crippen LogP contribution < -0.4 is 0 Å². The summed E-state index contributed by atoms with van der Waals surface area (Å²) in [7, 11) is 0. The molecule has 0 saturated carbocycles. The van der Waals surface area contributed by atoms with Crippen LogP contribution in [0.1, 0.15) is 30.2 Å². The SMILES string of the molecule is CC1(Cc2ccccc2)CCc2ncccc2C1. The minimum atomic E-state index is 0.386. The zero-order chi connectivity index (χ0) is 12.4. The molecule has 0 saturated heterocycles. The van der Waals surface area contributed by atoms with Crippen LogP contribution in [0.2, 0.25) is 0 Å². The molecule has 0 aliphatic heterocycles. The van der Waals surface area contributed by atoms with Crippen molar-refractivity contribution in [1.29, 1.82) is 0 Å². The molecule has 3 rings (SSSR count). The van der Waals surface area contributed by atoms with Crippen LogP contribution in [0.5, 0.6) is 0 Å². The van der Waals surface area contributed by atoms with Gasteiger partial charge in [0.2, 0.25) is 0 Å². The molecule has 1 unspecified atom stereocenters. The van der Waals surface area contributed by atoms with E-state index in [0.717, 1.165) is 12.8 Å². The lowest BCUT2D eigenvalue weighted by Crippen LogP contribution is -2.28. The second kappa shape index (κ2) is 4.56. The highest BCUT2D eigenvalue weighted by molar-refractivity contribution is 5.26. The second-order valence-electron chi connectivity index (χ2n) is 5.76. The Bertz CT molecular complexity index is 532. The first-order valence-electron chi connectivity index (χ1n) is 6.72. The molecule has 2 aromatic rings. The highest BCUT2D eigenvalue weighted by Crippen LogP contribution is 2.37. The lowest BCUT2D eigenvalue weighted by molar-refractivity contribution is 0.274. The molecule has 0 bridgehead atoms. The summed E-state index contributed by atoms with van der Waals surface area (Å²) in [5, 5.41) is 0. The summed E-state index contributed by atoms with van der Waals surface area (Å²) in [6, 6.07) is 15.1. The van der Waals surface area contributed by atoms with E-state index in [1.807, 2.05) is 6.20 Å².